The lowest BCUT2D eigenvalue weighted by molar-refractivity contribution is 0.0610. The lowest BCUT2D eigenvalue weighted by Crippen LogP contribution is -2.33. The zero-order valence-corrected chi connectivity index (χ0v) is 11.3. The van der Waals surface area contributed by atoms with Gasteiger partial charge in [0.05, 0.1) is 23.2 Å². The number of hydrogen-bond donors (Lipinski definition) is 2. The Balaban J connectivity index is 2.66. The predicted octanol–water partition coefficient (Wildman–Crippen LogP) is 2.10. The van der Waals surface area contributed by atoms with Gasteiger partial charge in [0.25, 0.3) is 0 Å². The topological polar surface area (TPSA) is 53.9 Å². The summed E-state index contributed by atoms with van der Waals surface area (Å²) in [5.41, 5.74) is 1.72. The van der Waals surface area contributed by atoms with Crippen molar-refractivity contribution in [3.8, 4) is 0 Å². The SMILES string of the molecule is CCCn1c(=N)n(CC(C)(C)O)c2ccccc21. The second-order valence-electron chi connectivity index (χ2n) is 5.36. The van der Waals surface area contributed by atoms with Crippen molar-refractivity contribution in [3.05, 3.63) is 29.9 Å². The van der Waals surface area contributed by atoms with E-state index in [4.69, 9.17) is 5.41 Å². The van der Waals surface area contributed by atoms with E-state index in [1.807, 2.05) is 33.4 Å². The fourth-order valence-corrected chi connectivity index (χ4v) is 2.29. The molecule has 0 aliphatic carbocycles. The number of aromatic nitrogens is 2. The quantitative estimate of drug-likeness (QED) is 0.854. The second-order valence-corrected chi connectivity index (χ2v) is 5.36. The normalized spacial score (nSPS) is 12.2. The summed E-state index contributed by atoms with van der Waals surface area (Å²) in [7, 11) is 0. The highest BCUT2D eigenvalue weighted by Gasteiger charge is 2.18. The van der Waals surface area contributed by atoms with E-state index < -0.39 is 5.60 Å². The Hall–Kier alpha value is -1.55. The summed E-state index contributed by atoms with van der Waals surface area (Å²) in [6, 6.07) is 8.00. The first-order chi connectivity index (χ1) is 8.44. The molecule has 4 heteroatoms. The average Bonchev–Trinajstić information content (AvgIpc) is 2.54. The van der Waals surface area contributed by atoms with Crippen LogP contribution < -0.4 is 5.62 Å². The Bertz CT molecular complexity index is 602. The van der Waals surface area contributed by atoms with E-state index in [2.05, 4.69) is 6.92 Å². The van der Waals surface area contributed by atoms with Crippen molar-refractivity contribution in [1.29, 1.82) is 5.41 Å². The number of fused-ring (bicyclic) bond motifs is 1. The number of nitrogens with zero attached hydrogens (tertiary/aromatic N) is 2. The van der Waals surface area contributed by atoms with Crippen molar-refractivity contribution in [2.45, 2.75) is 45.9 Å². The fourth-order valence-electron chi connectivity index (χ4n) is 2.29. The number of nitrogens with one attached hydrogen (secondary N) is 1. The molecule has 1 aromatic carbocycles. The number of aryl methyl sites for hydroxylation is 1. The Labute approximate surface area is 107 Å². The Morgan fingerprint density at radius 1 is 1.17 bits per heavy atom. The van der Waals surface area contributed by atoms with Crippen molar-refractivity contribution in [3.63, 3.8) is 0 Å². The molecule has 1 aromatic heterocycles. The first-order valence-electron chi connectivity index (χ1n) is 6.39. The number of rotatable bonds is 4. The molecule has 4 nitrogen and oxygen atoms in total. The molecule has 0 fully saturated rings. The Morgan fingerprint density at radius 2 is 1.72 bits per heavy atom. The van der Waals surface area contributed by atoms with Crippen LogP contribution in [0.4, 0.5) is 0 Å². The van der Waals surface area contributed by atoms with Crippen molar-refractivity contribution >= 4 is 11.0 Å². The van der Waals surface area contributed by atoms with Crippen LogP contribution in [0, 0.1) is 5.41 Å². The van der Waals surface area contributed by atoms with Gasteiger partial charge in [-0.05, 0) is 32.4 Å². The van der Waals surface area contributed by atoms with Gasteiger partial charge in [0.15, 0.2) is 0 Å². The summed E-state index contributed by atoms with van der Waals surface area (Å²) in [4.78, 5) is 0. The molecule has 0 saturated carbocycles. The van der Waals surface area contributed by atoms with E-state index in [-0.39, 0.29) is 0 Å². The summed E-state index contributed by atoms with van der Waals surface area (Å²) in [5, 5.41) is 18.3. The van der Waals surface area contributed by atoms with Crippen LogP contribution in [-0.2, 0) is 13.1 Å². The molecule has 0 saturated heterocycles. The number of hydrogen-bond acceptors (Lipinski definition) is 2. The van der Waals surface area contributed by atoms with Crippen molar-refractivity contribution in [1.82, 2.24) is 9.13 Å². The van der Waals surface area contributed by atoms with Gasteiger partial charge in [-0.1, -0.05) is 19.1 Å². The smallest absolute Gasteiger partial charge is 0.203 e. The van der Waals surface area contributed by atoms with Gasteiger partial charge in [-0.3, -0.25) is 5.41 Å². The highest BCUT2D eigenvalue weighted by molar-refractivity contribution is 5.75. The molecular formula is C14H21N3O. The van der Waals surface area contributed by atoms with Crippen LogP contribution in [0.15, 0.2) is 24.3 Å². The van der Waals surface area contributed by atoms with Gasteiger partial charge in [0.1, 0.15) is 0 Å². The molecule has 0 aliphatic heterocycles. The second kappa shape index (κ2) is 4.61. The molecular weight excluding hydrogens is 226 g/mol. The minimum Gasteiger partial charge on any atom is -0.389 e. The number of benzene rings is 1. The lowest BCUT2D eigenvalue weighted by Gasteiger charge is -2.18. The molecule has 0 atom stereocenters. The lowest BCUT2D eigenvalue weighted by atomic mass is 10.1. The molecule has 0 amide bonds. The van der Waals surface area contributed by atoms with Gasteiger partial charge in [-0.25, -0.2) is 0 Å². The van der Waals surface area contributed by atoms with E-state index >= 15 is 0 Å². The van der Waals surface area contributed by atoms with Crippen molar-refractivity contribution < 1.29 is 5.11 Å². The van der Waals surface area contributed by atoms with Gasteiger partial charge < -0.3 is 14.2 Å². The van der Waals surface area contributed by atoms with Gasteiger partial charge in [0.2, 0.25) is 5.62 Å². The average molecular weight is 247 g/mol. The summed E-state index contributed by atoms with van der Waals surface area (Å²) >= 11 is 0. The van der Waals surface area contributed by atoms with Crippen LogP contribution in [0.1, 0.15) is 27.2 Å². The molecule has 2 N–H and O–H groups in total. The maximum Gasteiger partial charge on any atom is 0.203 e. The number of imidazole rings is 1. The number of aliphatic hydroxyl groups is 1. The molecule has 18 heavy (non-hydrogen) atoms. The molecule has 98 valence electrons. The predicted molar refractivity (Wildman–Crippen MR) is 72.4 cm³/mol. The van der Waals surface area contributed by atoms with Gasteiger partial charge in [-0.15, -0.1) is 0 Å². The molecule has 1 heterocycles. The first kappa shape index (κ1) is 12.9. The van der Waals surface area contributed by atoms with E-state index in [1.165, 1.54) is 0 Å². The third kappa shape index (κ3) is 2.34. The zero-order valence-electron chi connectivity index (χ0n) is 11.3. The van der Waals surface area contributed by atoms with E-state index in [0.29, 0.717) is 12.2 Å². The van der Waals surface area contributed by atoms with Crippen molar-refractivity contribution in [2.75, 3.05) is 0 Å². The van der Waals surface area contributed by atoms with Crippen LogP contribution >= 0.6 is 0 Å². The fraction of sp³-hybridized carbons (Fsp3) is 0.500. The standard InChI is InChI=1S/C14H21N3O/c1-4-9-16-11-7-5-6-8-12(11)17(13(16)15)10-14(2,3)18/h5-8,15,18H,4,9-10H2,1-3H3. The largest absolute Gasteiger partial charge is 0.389 e. The van der Waals surface area contributed by atoms with Crippen LogP contribution in [-0.4, -0.2) is 19.8 Å². The van der Waals surface area contributed by atoms with E-state index in [9.17, 15) is 5.11 Å². The summed E-state index contributed by atoms with van der Waals surface area (Å²) in [5.74, 6) is 0. The molecule has 0 bridgehead atoms. The molecule has 2 rings (SSSR count). The van der Waals surface area contributed by atoms with Gasteiger partial charge in [0, 0.05) is 6.54 Å². The highest BCUT2D eigenvalue weighted by Crippen LogP contribution is 2.15. The van der Waals surface area contributed by atoms with E-state index in [0.717, 1.165) is 24.0 Å². The van der Waals surface area contributed by atoms with Crippen molar-refractivity contribution in [2.24, 2.45) is 0 Å². The maximum absolute atomic E-state index is 9.98. The first-order valence-corrected chi connectivity index (χ1v) is 6.39. The third-order valence-electron chi connectivity index (χ3n) is 2.97. The molecule has 0 aliphatic rings. The Kier molecular flexibility index (Phi) is 3.30. The monoisotopic (exact) mass is 247 g/mol. The molecule has 0 radical (unpaired) electrons. The zero-order chi connectivity index (χ0) is 13.3. The summed E-state index contributed by atoms with van der Waals surface area (Å²) in [6.45, 7) is 6.91. The molecule has 0 spiro atoms. The van der Waals surface area contributed by atoms with Crippen LogP contribution in [0.2, 0.25) is 0 Å². The van der Waals surface area contributed by atoms with Gasteiger partial charge >= 0.3 is 0 Å². The molecule has 2 aromatic rings. The third-order valence-corrected chi connectivity index (χ3v) is 2.97. The highest BCUT2D eigenvalue weighted by atomic mass is 16.3. The van der Waals surface area contributed by atoms with E-state index in [1.54, 1.807) is 13.8 Å². The van der Waals surface area contributed by atoms with Crippen LogP contribution in [0.5, 0.6) is 0 Å². The molecule has 0 unspecified atom stereocenters. The maximum atomic E-state index is 9.98. The minimum absolute atomic E-state index is 0.434. The Morgan fingerprint density at radius 3 is 2.22 bits per heavy atom. The van der Waals surface area contributed by atoms with Crippen LogP contribution in [0.3, 0.4) is 0 Å². The van der Waals surface area contributed by atoms with Gasteiger partial charge in [-0.2, -0.15) is 0 Å². The summed E-state index contributed by atoms with van der Waals surface area (Å²) < 4.78 is 3.88. The van der Waals surface area contributed by atoms with Crippen LogP contribution in [0.25, 0.3) is 11.0 Å². The minimum atomic E-state index is -0.818. The summed E-state index contributed by atoms with van der Waals surface area (Å²) in [6.07, 6.45) is 0.993. The number of para-hydroxylation sites is 2.